The number of amides is 2. The lowest BCUT2D eigenvalue weighted by molar-refractivity contribution is -0.133. The molecule has 0 aromatic rings. The highest BCUT2D eigenvalue weighted by Crippen LogP contribution is 2.22. The van der Waals surface area contributed by atoms with Gasteiger partial charge in [-0.1, -0.05) is 0 Å². The summed E-state index contributed by atoms with van der Waals surface area (Å²) in [6.07, 6.45) is 7.43. The number of carbonyl (C=O) groups is 2. The summed E-state index contributed by atoms with van der Waals surface area (Å²) < 4.78 is 0. The fraction of sp³-hybridized carbons (Fsp3) is 0.867. The predicted octanol–water partition coefficient (Wildman–Crippen LogP) is 2.04. The zero-order chi connectivity index (χ0) is 13.7. The molecule has 0 radical (unpaired) electrons. The molecule has 108 valence electrons. The first-order valence-corrected chi connectivity index (χ1v) is 7.70. The molecule has 0 atom stereocenters. The van der Waals surface area contributed by atoms with Crippen LogP contribution in [0.2, 0.25) is 0 Å². The van der Waals surface area contributed by atoms with Gasteiger partial charge in [0.1, 0.15) is 0 Å². The molecule has 0 unspecified atom stereocenters. The lowest BCUT2D eigenvalue weighted by Gasteiger charge is -2.32. The van der Waals surface area contributed by atoms with Crippen LogP contribution < -0.4 is 0 Å². The number of hydrogen-bond donors (Lipinski definition) is 0. The van der Waals surface area contributed by atoms with Crippen molar-refractivity contribution in [3.05, 3.63) is 0 Å². The molecule has 2 amide bonds. The van der Waals surface area contributed by atoms with Gasteiger partial charge in [-0.3, -0.25) is 9.59 Å². The van der Waals surface area contributed by atoms with E-state index in [0.717, 1.165) is 45.4 Å². The van der Waals surface area contributed by atoms with Gasteiger partial charge >= 0.3 is 0 Å². The molecule has 0 bridgehead atoms. The van der Waals surface area contributed by atoms with E-state index in [2.05, 4.69) is 0 Å². The van der Waals surface area contributed by atoms with Gasteiger partial charge in [0.25, 0.3) is 0 Å². The summed E-state index contributed by atoms with van der Waals surface area (Å²) in [7, 11) is 0. The molecule has 19 heavy (non-hydrogen) atoms. The largest absolute Gasteiger partial charge is 0.343 e. The van der Waals surface area contributed by atoms with Crippen LogP contribution in [0.3, 0.4) is 0 Å². The summed E-state index contributed by atoms with van der Waals surface area (Å²) >= 11 is 0. The number of likely N-dealkylation sites (tertiary alicyclic amines) is 2. The van der Waals surface area contributed by atoms with Gasteiger partial charge in [-0.05, 0) is 44.4 Å². The van der Waals surface area contributed by atoms with Crippen molar-refractivity contribution >= 4 is 11.8 Å². The van der Waals surface area contributed by atoms with Gasteiger partial charge in [-0.25, -0.2) is 0 Å². The predicted molar refractivity (Wildman–Crippen MR) is 74.6 cm³/mol. The highest BCUT2D eigenvalue weighted by Gasteiger charge is 2.22. The highest BCUT2D eigenvalue weighted by molar-refractivity contribution is 5.76. The van der Waals surface area contributed by atoms with Crippen LogP contribution in [-0.4, -0.2) is 47.8 Å². The Hall–Kier alpha value is -1.06. The van der Waals surface area contributed by atoms with E-state index in [0.29, 0.717) is 18.2 Å². The van der Waals surface area contributed by atoms with E-state index in [9.17, 15) is 9.59 Å². The van der Waals surface area contributed by atoms with Crippen LogP contribution in [0.5, 0.6) is 0 Å². The van der Waals surface area contributed by atoms with E-state index in [1.54, 1.807) is 6.92 Å². The summed E-state index contributed by atoms with van der Waals surface area (Å²) in [6, 6.07) is 0. The lowest BCUT2D eigenvalue weighted by atomic mass is 9.92. The third-order valence-corrected chi connectivity index (χ3v) is 4.54. The first-order valence-electron chi connectivity index (χ1n) is 7.70. The van der Waals surface area contributed by atoms with E-state index < -0.39 is 0 Å². The van der Waals surface area contributed by atoms with Crippen molar-refractivity contribution in [2.75, 3.05) is 26.2 Å². The maximum Gasteiger partial charge on any atom is 0.222 e. The van der Waals surface area contributed by atoms with Crippen molar-refractivity contribution in [3.8, 4) is 0 Å². The molecular weight excluding hydrogens is 240 g/mol. The Kier molecular flexibility index (Phi) is 5.23. The second-order valence-corrected chi connectivity index (χ2v) is 5.93. The topological polar surface area (TPSA) is 40.6 Å². The number of hydrogen-bond acceptors (Lipinski definition) is 2. The second kappa shape index (κ2) is 6.92. The standard InChI is InChI=1S/C15H26N2O2/c1-13(18)16-11-7-14(8-12-16)5-6-15(19)17-9-3-2-4-10-17/h14H,2-12H2,1H3. The number of carbonyl (C=O) groups excluding carboxylic acids is 2. The molecule has 0 N–H and O–H groups in total. The Labute approximate surface area is 116 Å². The van der Waals surface area contributed by atoms with Gasteiger partial charge < -0.3 is 9.80 Å². The van der Waals surface area contributed by atoms with Gasteiger partial charge in [0.15, 0.2) is 0 Å². The van der Waals surface area contributed by atoms with Crippen LogP contribution in [0.1, 0.15) is 51.9 Å². The summed E-state index contributed by atoms with van der Waals surface area (Å²) in [6.45, 7) is 5.30. The molecule has 0 spiro atoms. The molecule has 0 aromatic carbocycles. The molecule has 2 aliphatic rings. The van der Waals surface area contributed by atoms with E-state index in [4.69, 9.17) is 0 Å². The van der Waals surface area contributed by atoms with Crippen LogP contribution >= 0.6 is 0 Å². The molecule has 4 nitrogen and oxygen atoms in total. The molecule has 4 heteroatoms. The normalized spacial score (nSPS) is 21.5. The Bertz CT molecular complexity index is 316. The van der Waals surface area contributed by atoms with Crippen LogP contribution in [0.25, 0.3) is 0 Å². The minimum absolute atomic E-state index is 0.183. The molecule has 0 aromatic heterocycles. The molecule has 0 saturated carbocycles. The van der Waals surface area contributed by atoms with Crippen molar-refractivity contribution in [1.82, 2.24) is 9.80 Å². The van der Waals surface area contributed by atoms with E-state index >= 15 is 0 Å². The highest BCUT2D eigenvalue weighted by atomic mass is 16.2. The van der Waals surface area contributed by atoms with Crippen molar-refractivity contribution in [2.45, 2.75) is 51.9 Å². The Balaban J connectivity index is 1.66. The van der Waals surface area contributed by atoms with Crippen LogP contribution in [0, 0.1) is 5.92 Å². The number of piperidine rings is 2. The van der Waals surface area contributed by atoms with Gasteiger partial charge in [0.05, 0.1) is 0 Å². The fourth-order valence-corrected chi connectivity index (χ4v) is 3.17. The fourth-order valence-electron chi connectivity index (χ4n) is 3.17. The van der Waals surface area contributed by atoms with Crippen molar-refractivity contribution in [1.29, 1.82) is 0 Å². The second-order valence-electron chi connectivity index (χ2n) is 5.93. The average molecular weight is 266 g/mol. The monoisotopic (exact) mass is 266 g/mol. The Morgan fingerprint density at radius 3 is 2.16 bits per heavy atom. The van der Waals surface area contributed by atoms with Crippen LogP contribution in [0.15, 0.2) is 0 Å². The number of nitrogens with zero attached hydrogens (tertiary/aromatic N) is 2. The first kappa shape index (κ1) is 14.4. The Morgan fingerprint density at radius 1 is 0.947 bits per heavy atom. The van der Waals surface area contributed by atoms with E-state index in [1.165, 1.54) is 19.3 Å². The zero-order valence-corrected chi connectivity index (χ0v) is 12.1. The van der Waals surface area contributed by atoms with Crippen LogP contribution in [-0.2, 0) is 9.59 Å². The summed E-state index contributed by atoms with van der Waals surface area (Å²) in [5.74, 6) is 1.15. The van der Waals surface area contributed by atoms with Crippen molar-refractivity contribution < 1.29 is 9.59 Å². The third-order valence-electron chi connectivity index (χ3n) is 4.54. The van der Waals surface area contributed by atoms with Crippen LogP contribution in [0.4, 0.5) is 0 Å². The third kappa shape index (κ3) is 4.22. The van der Waals surface area contributed by atoms with Gasteiger partial charge in [0.2, 0.25) is 11.8 Å². The lowest BCUT2D eigenvalue weighted by Crippen LogP contribution is -2.38. The average Bonchev–Trinajstić information content (AvgIpc) is 2.46. The molecule has 0 aliphatic carbocycles. The molecule has 2 saturated heterocycles. The summed E-state index contributed by atoms with van der Waals surface area (Å²) in [5, 5.41) is 0. The molecule has 2 fully saturated rings. The maximum absolute atomic E-state index is 12.1. The zero-order valence-electron chi connectivity index (χ0n) is 12.1. The quantitative estimate of drug-likeness (QED) is 0.784. The Morgan fingerprint density at radius 2 is 1.58 bits per heavy atom. The molecule has 2 aliphatic heterocycles. The van der Waals surface area contributed by atoms with E-state index in [1.807, 2.05) is 9.80 Å². The van der Waals surface area contributed by atoms with Crippen molar-refractivity contribution in [2.24, 2.45) is 5.92 Å². The maximum atomic E-state index is 12.1. The minimum Gasteiger partial charge on any atom is -0.343 e. The summed E-state index contributed by atoms with van der Waals surface area (Å²) in [5.41, 5.74) is 0. The smallest absolute Gasteiger partial charge is 0.222 e. The molecule has 2 heterocycles. The summed E-state index contributed by atoms with van der Waals surface area (Å²) in [4.78, 5) is 27.3. The van der Waals surface area contributed by atoms with Gasteiger partial charge in [-0.2, -0.15) is 0 Å². The van der Waals surface area contributed by atoms with Gasteiger partial charge in [-0.15, -0.1) is 0 Å². The first-order chi connectivity index (χ1) is 9.16. The van der Waals surface area contributed by atoms with Crippen molar-refractivity contribution in [3.63, 3.8) is 0 Å². The number of rotatable bonds is 3. The SMILES string of the molecule is CC(=O)N1CCC(CCC(=O)N2CCCCC2)CC1. The van der Waals surface area contributed by atoms with Gasteiger partial charge in [0, 0.05) is 39.5 Å². The minimum atomic E-state index is 0.183. The molecule has 2 rings (SSSR count). The molecular formula is C15H26N2O2. The van der Waals surface area contributed by atoms with E-state index in [-0.39, 0.29) is 5.91 Å².